The molecule has 2 N–H and O–H groups in total. The van der Waals surface area contributed by atoms with Crippen molar-refractivity contribution in [2.75, 3.05) is 5.73 Å². The van der Waals surface area contributed by atoms with Crippen molar-refractivity contribution in [1.82, 2.24) is 9.78 Å². The molecule has 2 aromatic rings. The highest BCUT2D eigenvalue weighted by molar-refractivity contribution is 6.31. The maximum Gasteiger partial charge on any atom is 0.241 e. The first-order valence-electron chi connectivity index (χ1n) is 6.34. The second-order valence-corrected chi connectivity index (χ2v) is 4.76. The van der Waals surface area contributed by atoms with E-state index in [4.69, 9.17) is 22.1 Å². The quantitative estimate of drug-likeness (QED) is 0.931. The molecular weight excluding hydrogens is 262 g/mol. The molecule has 5 heteroatoms. The predicted molar refractivity (Wildman–Crippen MR) is 77.9 cm³/mol. The highest BCUT2D eigenvalue weighted by atomic mass is 35.5. The van der Waals surface area contributed by atoms with Gasteiger partial charge in [0.1, 0.15) is 11.4 Å². The van der Waals surface area contributed by atoms with Gasteiger partial charge in [-0.2, -0.15) is 5.10 Å². The minimum Gasteiger partial charge on any atom is -0.437 e. The summed E-state index contributed by atoms with van der Waals surface area (Å²) in [6.07, 6.45) is 1.64. The number of nitrogens with zero attached hydrogens (tertiary/aromatic N) is 2. The Morgan fingerprint density at radius 2 is 2.05 bits per heavy atom. The van der Waals surface area contributed by atoms with E-state index in [1.165, 1.54) is 0 Å². The van der Waals surface area contributed by atoms with Gasteiger partial charge in [-0.3, -0.25) is 0 Å². The van der Waals surface area contributed by atoms with Gasteiger partial charge in [-0.25, -0.2) is 4.68 Å². The molecule has 0 aliphatic carbocycles. The fourth-order valence-electron chi connectivity index (χ4n) is 1.96. The molecule has 19 heavy (non-hydrogen) atoms. The van der Waals surface area contributed by atoms with Gasteiger partial charge in [0, 0.05) is 12.1 Å². The fourth-order valence-corrected chi connectivity index (χ4v) is 2.21. The van der Waals surface area contributed by atoms with Crippen molar-refractivity contribution < 1.29 is 4.74 Å². The molecule has 0 amide bonds. The number of nitrogens with two attached hydrogens (primary N) is 1. The lowest BCUT2D eigenvalue weighted by molar-refractivity contribution is 0.432. The Bertz CT molecular complexity index is 593. The minimum absolute atomic E-state index is 0.571. The molecule has 0 radical (unpaired) electrons. The standard InChI is InChI=1S/C14H18ClN3O/c1-4-9-8-10(6-7-11(9)15)19-14-13(16)12(5-2)17-18(14)3/h6-8H,4-5,16H2,1-3H3. The van der Waals surface area contributed by atoms with Crippen LogP contribution < -0.4 is 10.5 Å². The van der Waals surface area contributed by atoms with E-state index in [1.54, 1.807) is 4.68 Å². The Labute approximate surface area is 118 Å². The van der Waals surface area contributed by atoms with Gasteiger partial charge < -0.3 is 10.5 Å². The molecule has 102 valence electrons. The monoisotopic (exact) mass is 279 g/mol. The van der Waals surface area contributed by atoms with Crippen molar-refractivity contribution >= 4 is 17.3 Å². The van der Waals surface area contributed by atoms with Crippen LogP contribution in [0.1, 0.15) is 25.1 Å². The molecular formula is C14H18ClN3O. The van der Waals surface area contributed by atoms with E-state index in [-0.39, 0.29) is 0 Å². The second kappa shape index (κ2) is 5.53. The first-order valence-corrected chi connectivity index (χ1v) is 6.72. The molecule has 0 atom stereocenters. The average Bonchev–Trinajstić information content (AvgIpc) is 2.68. The lowest BCUT2D eigenvalue weighted by atomic mass is 10.1. The number of anilines is 1. The molecule has 2 rings (SSSR count). The molecule has 0 aliphatic heterocycles. The third kappa shape index (κ3) is 2.68. The van der Waals surface area contributed by atoms with Crippen LogP contribution >= 0.6 is 11.6 Å². The fraction of sp³-hybridized carbons (Fsp3) is 0.357. The van der Waals surface area contributed by atoms with Gasteiger partial charge in [-0.1, -0.05) is 25.4 Å². The molecule has 0 fully saturated rings. The second-order valence-electron chi connectivity index (χ2n) is 4.35. The summed E-state index contributed by atoms with van der Waals surface area (Å²) >= 11 is 6.09. The van der Waals surface area contributed by atoms with Crippen molar-refractivity contribution in [3.8, 4) is 11.6 Å². The van der Waals surface area contributed by atoms with Crippen molar-refractivity contribution in [3.63, 3.8) is 0 Å². The van der Waals surface area contributed by atoms with Crippen molar-refractivity contribution in [1.29, 1.82) is 0 Å². The maximum absolute atomic E-state index is 6.09. The number of benzene rings is 1. The molecule has 0 saturated carbocycles. The Balaban J connectivity index is 2.33. The largest absolute Gasteiger partial charge is 0.437 e. The number of aromatic nitrogens is 2. The number of ether oxygens (including phenoxy) is 1. The summed E-state index contributed by atoms with van der Waals surface area (Å²) < 4.78 is 7.50. The molecule has 1 heterocycles. The lowest BCUT2D eigenvalue weighted by Crippen LogP contribution is -1.97. The summed E-state index contributed by atoms with van der Waals surface area (Å²) in [5.74, 6) is 1.29. The van der Waals surface area contributed by atoms with Gasteiger partial charge in [0.25, 0.3) is 0 Å². The molecule has 0 saturated heterocycles. The first-order chi connectivity index (χ1) is 9.06. The zero-order valence-electron chi connectivity index (χ0n) is 11.4. The smallest absolute Gasteiger partial charge is 0.241 e. The van der Waals surface area contributed by atoms with Crippen LogP contribution in [0, 0.1) is 0 Å². The Morgan fingerprint density at radius 3 is 2.63 bits per heavy atom. The zero-order valence-corrected chi connectivity index (χ0v) is 12.2. The molecule has 1 aromatic carbocycles. The highest BCUT2D eigenvalue weighted by Gasteiger charge is 2.14. The van der Waals surface area contributed by atoms with E-state index in [1.807, 2.05) is 32.2 Å². The summed E-state index contributed by atoms with van der Waals surface area (Å²) in [6.45, 7) is 4.07. The lowest BCUT2D eigenvalue weighted by Gasteiger charge is -2.09. The summed E-state index contributed by atoms with van der Waals surface area (Å²) in [4.78, 5) is 0. The van der Waals surface area contributed by atoms with E-state index < -0.39 is 0 Å². The minimum atomic E-state index is 0.571. The number of hydrogen-bond acceptors (Lipinski definition) is 3. The van der Waals surface area contributed by atoms with E-state index in [2.05, 4.69) is 12.0 Å². The SMILES string of the molecule is CCc1cc(Oc2c(N)c(CC)nn2C)ccc1Cl. The van der Waals surface area contributed by atoms with Crippen LogP contribution in [0.3, 0.4) is 0 Å². The number of aryl methyl sites for hydroxylation is 3. The van der Waals surface area contributed by atoms with E-state index >= 15 is 0 Å². The number of rotatable bonds is 4. The number of nitrogen functional groups attached to an aromatic ring is 1. The Kier molecular flexibility index (Phi) is 4.00. The average molecular weight is 280 g/mol. The van der Waals surface area contributed by atoms with Crippen LogP contribution in [0.4, 0.5) is 5.69 Å². The summed E-state index contributed by atoms with van der Waals surface area (Å²) in [5.41, 5.74) is 8.52. The zero-order chi connectivity index (χ0) is 14.0. The van der Waals surface area contributed by atoms with Crippen LogP contribution in [-0.4, -0.2) is 9.78 Å². The van der Waals surface area contributed by atoms with E-state index in [0.29, 0.717) is 11.6 Å². The Morgan fingerprint density at radius 1 is 1.32 bits per heavy atom. The van der Waals surface area contributed by atoms with Gasteiger partial charge >= 0.3 is 0 Å². The number of halogens is 1. The van der Waals surface area contributed by atoms with Crippen LogP contribution in [-0.2, 0) is 19.9 Å². The molecule has 0 bridgehead atoms. The molecule has 0 aliphatic rings. The van der Waals surface area contributed by atoms with Crippen LogP contribution in [0.15, 0.2) is 18.2 Å². The topological polar surface area (TPSA) is 53.1 Å². The van der Waals surface area contributed by atoms with Gasteiger partial charge in [-0.15, -0.1) is 0 Å². The summed E-state index contributed by atoms with van der Waals surface area (Å²) in [5, 5.41) is 5.08. The molecule has 0 unspecified atom stereocenters. The van der Waals surface area contributed by atoms with Gasteiger partial charge in [0.2, 0.25) is 5.88 Å². The molecule has 4 nitrogen and oxygen atoms in total. The van der Waals surface area contributed by atoms with Gasteiger partial charge in [-0.05, 0) is 36.6 Å². The van der Waals surface area contributed by atoms with Crippen LogP contribution in [0.25, 0.3) is 0 Å². The van der Waals surface area contributed by atoms with Crippen molar-refractivity contribution in [2.24, 2.45) is 7.05 Å². The van der Waals surface area contributed by atoms with Crippen molar-refractivity contribution in [3.05, 3.63) is 34.5 Å². The highest BCUT2D eigenvalue weighted by Crippen LogP contribution is 2.31. The van der Waals surface area contributed by atoms with E-state index in [9.17, 15) is 0 Å². The normalized spacial score (nSPS) is 10.7. The predicted octanol–water partition coefficient (Wildman–Crippen LogP) is 3.57. The summed E-state index contributed by atoms with van der Waals surface area (Å²) in [7, 11) is 1.82. The Hall–Kier alpha value is -1.68. The first kappa shape index (κ1) is 13.7. The van der Waals surface area contributed by atoms with Gasteiger partial charge in [0.05, 0.1) is 5.69 Å². The van der Waals surface area contributed by atoms with Gasteiger partial charge in [0.15, 0.2) is 0 Å². The third-order valence-corrected chi connectivity index (χ3v) is 3.42. The number of hydrogen-bond donors (Lipinski definition) is 1. The third-order valence-electron chi connectivity index (χ3n) is 3.05. The van der Waals surface area contributed by atoms with E-state index in [0.717, 1.165) is 34.9 Å². The van der Waals surface area contributed by atoms with Crippen molar-refractivity contribution in [2.45, 2.75) is 26.7 Å². The maximum atomic E-state index is 6.09. The van der Waals surface area contributed by atoms with Crippen LogP contribution in [0.2, 0.25) is 5.02 Å². The summed E-state index contributed by atoms with van der Waals surface area (Å²) in [6, 6.07) is 5.60. The molecule has 1 aromatic heterocycles. The van der Waals surface area contributed by atoms with Crippen LogP contribution in [0.5, 0.6) is 11.6 Å². The molecule has 0 spiro atoms.